The molecule has 0 N–H and O–H groups in total. The van der Waals surface area contributed by atoms with Gasteiger partial charge in [-0.05, 0) is 50.7 Å². The highest BCUT2D eigenvalue weighted by atomic mass is 127. The van der Waals surface area contributed by atoms with E-state index < -0.39 is 0 Å². The van der Waals surface area contributed by atoms with Crippen molar-refractivity contribution in [3.63, 3.8) is 0 Å². The van der Waals surface area contributed by atoms with Crippen molar-refractivity contribution in [3.05, 3.63) is 38.3 Å². The van der Waals surface area contributed by atoms with Crippen LogP contribution in [0.4, 0.5) is 4.39 Å². The van der Waals surface area contributed by atoms with E-state index >= 15 is 0 Å². The number of halogens is 3. The lowest BCUT2D eigenvalue weighted by Crippen LogP contribution is -1.84. The van der Waals surface area contributed by atoms with Crippen LogP contribution in [0.5, 0.6) is 0 Å². The van der Waals surface area contributed by atoms with Crippen LogP contribution in [0, 0.1) is 9.39 Å². The first-order chi connectivity index (χ1) is 6.16. The van der Waals surface area contributed by atoms with E-state index in [1.807, 2.05) is 6.07 Å². The van der Waals surface area contributed by atoms with E-state index in [2.05, 4.69) is 43.5 Å². The first kappa shape index (κ1) is 9.33. The van der Waals surface area contributed by atoms with Crippen LogP contribution in [-0.4, -0.2) is 4.98 Å². The fourth-order valence-electron chi connectivity index (χ4n) is 1.13. The van der Waals surface area contributed by atoms with E-state index in [0.29, 0.717) is 5.52 Å². The van der Waals surface area contributed by atoms with Crippen LogP contribution < -0.4 is 0 Å². The number of hydrogen-bond acceptors (Lipinski definition) is 1. The van der Waals surface area contributed by atoms with Crippen molar-refractivity contribution in [1.29, 1.82) is 0 Å². The molecule has 66 valence electrons. The molecule has 2 rings (SSSR count). The molecule has 0 amide bonds. The van der Waals surface area contributed by atoms with Crippen LogP contribution in [0.15, 0.2) is 28.9 Å². The fraction of sp³-hybridized carbons (Fsp3) is 0. The molecule has 0 saturated carbocycles. The maximum Gasteiger partial charge on any atom is 0.126 e. The minimum atomic E-state index is -0.270. The van der Waals surface area contributed by atoms with E-state index in [-0.39, 0.29) is 5.82 Å². The Labute approximate surface area is 96.6 Å². The zero-order valence-electron chi connectivity index (χ0n) is 6.39. The molecular formula is C9H4BrFIN. The van der Waals surface area contributed by atoms with E-state index in [1.54, 1.807) is 6.20 Å². The smallest absolute Gasteiger partial charge is 0.126 e. The normalized spacial score (nSPS) is 10.7. The Kier molecular flexibility index (Phi) is 2.51. The van der Waals surface area contributed by atoms with Gasteiger partial charge in [0.2, 0.25) is 0 Å². The second-order valence-corrected chi connectivity index (χ2v) is 4.71. The van der Waals surface area contributed by atoms with Gasteiger partial charge in [-0.2, -0.15) is 0 Å². The van der Waals surface area contributed by atoms with Gasteiger partial charge in [0.15, 0.2) is 0 Å². The van der Waals surface area contributed by atoms with Crippen LogP contribution in [-0.2, 0) is 0 Å². The Morgan fingerprint density at radius 1 is 1.31 bits per heavy atom. The molecule has 0 spiro atoms. The highest BCUT2D eigenvalue weighted by Crippen LogP contribution is 2.25. The first-order valence-electron chi connectivity index (χ1n) is 3.57. The van der Waals surface area contributed by atoms with Crippen LogP contribution >= 0.6 is 38.5 Å². The fourth-order valence-corrected chi connectivity index (χ4v) is 2.11. The molecule has 4 heteroatoms. The summed E-state index contributed by atoms with van der Waals surface area (Å²) >= 11 is 5.47. The molecule has 1 aromatic heterocycles. The summed E-state index contributed by atoms with van der Waals surface area (Å²) < 4.78 is 14.7. The zero-order chi connectivity index (χ0) is 9.42. The van der Waals surface area contributed by atoms with Gasteiger partial charge in [-0.25, -0.2) is 4.39 Å². The van der Waals surface area contributed by atoms with Gasteiger partial charge >= 0.3 is 0 Å². The summed E-state index contributed by atoms with van der Waals surface area (Å²) in [6, 6.07) is 4.84. The number of nitrogens with zero attached hydrogens (tertiary/aromatic N) is 1. The van der Waals surface area contributed by atoms with Crippen LogP contribution in [0.2, 0.25) is 0 Å². The highest BCUT2D eigenvalue weighted by Gasteiger charge is 2.02. The standard InChI is InChI=1S/C9H4BrFIN/c10-8-1-5(11)2-9-7(8)3-6(12)4-13-9/h1-4H. The Hall–Kier alpha value is -0.230. The number of pyridine rings is 1. The highest BCUT2D eigenvalue weighted by molar-refractivity contribution is 14.1. The van der Waals surface area contributed by atoms with Gasteiger partial charge in [0, 0.05) is 25.7 Å². The van der Waals surface area contributed by atoms with Crippen LogP contribution in [0.1, 0.15) is 0 Å². The van der Waals surface area contributed by atoms with Crippen LogP contribution in [0.25, 0.3) is 10.9 Å². The minimum absolute atomic E-state index is 0.270. The van der Waals surface area contributed by atoms with E-state index in [4.69, 9.17) is 0 Å². The minimum Gasteiger partial charge on any atom is -0.255 e. The SMILES string of the molecule is Fc1cc(Br)c2cc(I)cnc2c1. The van der Waals surface area contributed by atoms with Crippen molar-refractivity contribution in [2.45, 2.75) is 0 Å². The maximum absolute atomic E-state index is 12.9. The van der Waals surface area contributed by atoms with E-state index in [9.17, 15) is 4.39 Å². The van der Waals surface area contributed by atoms with Gasteiger partial charge in [-0.15, -0.1) is 0 Å². The Morgan fingerprint density at radius 2 is 2.08 bits per heavy atom. The molecule has 0 fully saturated rings. The monoisotopic (exact) mass is 351 g/mol. The number of rotatable bonds is 0. The lowest BCUT2D eigenvalue weighted by atomic mass is 10.2. The maximum atomic E-state index is 12.9. The molecule has 0 radical (unpaired) electrons. The van der Waals surface area contributed by atoms with Gasteiger partial charge in [-0.1, -0.05) is 0 Å². The summed E-state index contributed by atoms with van der Waals surface area (Å²) in [5.41, 5.74) is 0.673. The molecular weight excluding hydrogens is 348 g/mol. The predicted molar refractivity (Wildman–Crippen MR) is 62.1 cm³/mol. The van der Waals surface area contributed by atoms with Crippen molar-refractivity contribution in [3.8, 4) is 0 Å². The number of aromatic nitrogens is 1. The average molecular weight is 352 g/mol. The topological polar surface area (TPSA) is 12.9 Å². The number of benzene rings is 1. The Morgan fingerprint density at radius 3 is 2.85 bits per heavy atom. The van der Waals surface area contributed by atoms with Gasteiger partial charge < -0.3 is 0 Å². The molecule has 2 aromatic rings. The second-order valence-electron chi connectivity index (χ2n) is 2.61. The lowest BCUT2D eigenvalue weighted by Gasteiger charge is -2.00. The van der Waals surface area contributed by atoms with Crippen molar-refractivity contribution >= 4 is 49.4 Å². The van der Waals surface area contributed by atoms with Gasteiger partial charge in [0.05, 0.1) is 5.52 Å². The molecule has 0 aliphatic carbocycles. The molecule has 1 heterocycles. The zero-order valence-corrected chi connectivity index (χ0v) is 10.1. The molecule has 0 aliphatic rings. The van der Waals surface area contributed by atoms with Crippen LogP contribution in [0.3, 0.4) is 0 Å². The van der Waals surface area contributed by atoms with E-state index in [0.717, 1.165) is 13.4 Å². The summed E-state index contributed by atoms with van der Waals surface area (Å²) in [5, 5.41) is 0.938. The summed E-state index contributed by atoms with van der Waals surface area (Å²) in [4.78, 5) is 4.12. The molecule has 13 heavy (non-hydrogen) atoms. The third-order valence-electron chi connectivity index (χ3n) is 1.68. The largest absolute Gasteiger partial charge is 0.255 e. The average Bonchev–Trinajstić information content (AvgIpc) is 2.06. The molecule has 0 saturated heterocycles. The molecule has 0 atom stereocenters. The van der Waals surface area contributed by atoms with Gasteiger partial charge in [0.1, 0.15) is 5.82 Å². The van der Waals surface area contributed by atoms with Gasteiger partial charge in [0.25, 0.3) is 0 Å². The number of hydrogen-bond donors (Lipinski definition) is 0. The molecule has 0 bridgehead atoms. The quantitative estimate of drug-likeness (QED) is 0.659. The Bertz CT molecular complexity index is 472. The molecule has 1 nitrogen and oxygen atoms in total. The van der Waals surface area contributed by atoms with Crippen molar-refractivity contribution < 1.29 is 4.39 Å². The van der Waals surface area contributed by atoms with Crippen molar-refractivity contribution in [2.24, 2.45) is 0 Å². The van der Waals surface area contributed by atoms with E-state index in [1.165, 1.54) is 12.1 Å². The lowest BCUT2D eigenvalue weighted by molar-refractivity contribution is 0.628. The first-order valence-corrected chi connectivity index (χ1v) is 5.44. The summed E-state index contributed by atoms with van der Waals surface area (Å²) in [6.45, 7) is 0. The summed E-state index contributed by atoms with van der Waals surface area (Å²) in [6.07, 6.45) is 1.72. The van der Waals surface area contributed by atoms with Crippen molar-refractivity contribution in [1.82, 2.24) is 4.98 Å². The predicted octanol–water partition coefficient (Wildman–Crippen LogP) is 3.74. The summed E-state index contributed by atoms with van der Waals surface area (Å²) in [5.74, 6) is -0.270. The van der Waals surface area contributed by atoms with Gasteiger partial charge in [-0.3, -0.25) is 4.98 Å². The number of fused-ring (bicyclic) bond motifs is 1. The molecule has 0 unspecified atom stereocenters. The summed E-state index contributed by atoms with van der Waals surface area (Å²) in [7, 11) is 0. The Balaban J connectivity index is 2.87. The van der Waals surface area contributed by atoms with Crippen molar-refractivity contribution in [2.75, 3.05) is 0 Å². The molecule has 1 aromatic carbocycles. The third kappa shape index (κ3) is 1.83. The second kappa shape index (κ2) is 3.49. The third-order valence-corrected chi connectivity index (χ3v) is 2.93. The molecule has 0 aliphatic heterocycles.